The summed E-state index contributed by atoms with van der Waals surface area (Å²) in [5.74, 6) is 1.35. The number of hydrogen-bond donors (Lipinski definition) is 1. The molecule has 0 atom stereocenters. The Bertz CT molecular complexity index is 625. The fourth-order valence-corrected chi connectivity index (χ4v) is 2.30. The lowest BCUT2D eigenvalue weighted by molar-refractivity contribution is -0.118. The van der Waals surface area contributed by atoms with Gasteiger partial charge in [0.15, 0.2) is 6.61 Å². The summed E-state index contributed by atoms with van der Waals surface area (Å²) in [6, 6.07) is 13.0. The van der Waals surface area contributed by atoms with E-state index in [4.69, 9.17) is 9.47 Å². The van der Waals surface area contributed by atoms with Gasteiger partial charge in [0.25, 0.3) is 5.91 Å². The minimum Gasteiger partial charge on any atom is -0.484 e. The molecule has 1 fully saturated rings. The Morgan fingerprint density at radius 3 is 2.65 bits per heavy atom. The van der Waals surface area contributed by atoms with Gasteiger partial charge in [-0.25, -0.2) is 4.98 Å². The summed E-state index contributed by atoms with van der Waals surface area (Å²) in [7, 11) is 0. The number of benzene rings is 1. The number of hydrogen-bond acceptors (Lipinski definition) is 5. The molecule has 1 saturated heterocycles. The van der Waals surface area contributed by atoms with E-state index in [0.717, 1.165) is 32.1 Å². The third-order valence-corrected chi connectivity index (χ3v) is 3.48. The van der Waals surface area contributed by atoms with Crippen LogP contribution in [0, 0.1) is 0 Å². The van der Waals surface area contributed by atoms with Crippen molar-refractivity contribution >= 4 is 17.4 Å². The van der Waals surface area contributed by atoms with Gasteiger partial charge in [0.05, 0.1) is 25.1 Å². The van der Waals surface area contributed by atoms with Crippen LogP contribution in [-0.2, 0) is 9.53 Å². The Labute approximate surface area is 135 Å². The van der Waals surface area contributed by atoms with Gasteiger partial charge < -0.3 is 19.7 Å². The van der Waals surface area contributed by atoms with Crippen LogP contribution in [0.25, 0.3) is 0 Å². The van der Waals surface area contributed by atoms with Crippen LogP contribution in [0.4, 0.5) is 11.5 Å². The van der Waals surface area contributed by atoms with Gasteiger partial charge in [-0.3, -0.25) is 4.79 Å². The second-order valence-electron chi connectivity index (χ2n) is 5.15. The molecule has 0 saturated carbocycles. The largest absolute Gasteiger partial charge is 0.484 e. The van der Waals surface area contributed by atoms with Crippen molar-refractivity contribution in [3.05, 3.63) is 48.7 Å². The molecular formula is C17H19N3O3. The predicted molar refractivity (Wildman–Crippen MR) is 87.8 cm³/mol. The Balaban J connectivity index is 1.50. The molecule has 0 aliphatic carbocycles. The van der Waals surface area contributed by atoms with Crippen molar-refractivity contribution in [1.82, 2.24) is 4.98 Å². The van der Waals surface area contributed by atoms with E-state index in [2.05, 4.69) is 15.2 Å². The van der Waals surface area contributed by atoms with Crippen molar-refractivity contribution < 1.29 is 14.3 Å². The molecule has 6 nitrogen and oxygen atoms in total. The summed E-state index contributed by atoms with van der Waals surface area (Å²) < 4.78 is 10.7. The minimum absolute atomic E-state index is 0.0325. The fourth-order valence-electron chi connectivity index (χ4n) is 2.30. The molecule has 1 aliphatic heterocycles. The van der Waals surface area contributed by atoms with E-state index in [9.17, 15) is 4.79 Å². The summed E-state index contributed by atoms with van der Waals surface area (Å²) >= 11 is 0. The second-order valence-corrected chi connectivity index (χ2v) is 5.15. The van der Waals surface area contributed by atoms with E-state index in [-0.39, 0.29) is 12.5 Å². The zero-order valence-corrected chi connectivity index (χ0v) is 12.8. The van der Waals surface area contributed by atoms with Gasteiger partial charge in [-0.1, -0.05) is 18.2 Å². The van der Waals surface area contributed by atoms with Crippen LogP contribution in [0.2, 0.25) is 0 Å². The summed E-state index contributed by atoms with van der Waals surface area (Å²) in [6.07, 6.45) is 1.66. The number of para-hydroxylation sites is 1. The Morgan fingerprint density at radius 1 is 1.17 bits per heavy atom. The third-order valence-electron chi connectivity index (χ3n) is 3.48. The van der Waals surface area contributed by atoms with Crippen molar-refractivity contribution in [2.75, 3.05) is 43.1 Å². The zero-order chi connectivity index (χ0) is 15.9. The van der Waals surface area contributed by atoms with Gasteiger partial charge in [-0.05, 0) is 24.3 Å². The van der Waals surface area contributed by atoms with Gasteiger partial charge in [0.2, 0.25) is 0 Å². The lowest BCUT2D eigenvalue weighted by Crippen LogP contribution is -2.36. The summed E-state index contributed by atoms with van der Waals surface area (Å²) in [5.41, 5.74) is 0.656. The molecule has 2 aromatic rings. The molecular weight excluding hydrogens is 294 g/mol. The van der Waals surface area contributed by atoms with Crippen molar-refractivity contribution in [3.8, 4) is 5.75 Å². The normalized spacial score (nSPS) is 14.3. The maximum Gasteiger partial charge on any atom is 0.262 e. The lowest BCUT2D eigenvalue weighted by atomic mass is 10.3. The average molecular weight is 313 g/mol. The SMILES string of the molecule is O=C(COc1ccccc1)Nc1ccc(N2CCOCC2)nc1. The number of pyridine rings is 1. The average Bonchev–Trinajstić information content (AvgIpc) is 2.62. The minimum atomic E-state index is -0.213. The number of ether oxygens (including phenoxy) is 2. The standard InChI is InChI=1S/C17H19N3O3/c21-17(13-23-15-4-2-1-3-5-15)19-14-6-7-16(18-12-14)20-8-10-22-11-9-20/h1-7,12H,8-11,13H2,(H,19,21). The highest BCUT2D eigenvalue weighted by atomic mass is 16.5. The van der Waals surface area contributed by atoms with Crippen LogP contribution in [-0.4, -0.2) is 43.8 Å². The van der Waals surface area contributed by atoms with E-state index in [1.807, 2.05) is 42.5 Å². The summed E-state index contributed by atoms with van der Waals surface area (Å²) in [6.45, 7) is 3.08. The Kier molecular flexibility index (Phi) is 5.06. The highest BCUT2D eigenvalue weighted by Crippen LogP contribution is 2.15. The van der Waals surface area contributed by atoms with Crippen molar-refractivity contribution in [1.29, 1.82) is 0 Å². The number of carbonyl (C=O) groups excluding carboxylic acids is 1. The van der Waals surface area contributed by atoms with Crippen molar-refractivity contribution in [2.24, 2.45) is 0 Å². The topological polar surface area (TPSA) is 63.7 Å². The zero-order valence-electron chi connectivity index (χ0n) is 12.8. The van der Waals surface area contributed by atoms with E-state index in [1.165, 1.54) is 0 Å². The lowest BCUT2D eigenvalue weighted by Gasteiger charge is -2.27. The molecule has 0 spiro atoms. The molecule has 0 radical (unpaired) electrons. The van der Waals surface area contributed by atoms with Crippen molar-refractivity contribution in [2.45, 2.75) is 0 Å². The number of anilines is 2. The quantitative estimate of drug-likeness (QED) is 0.914. The van der Waals surface area contributed by atoms with Crippen LogP contribution in [0.5, 0.6) is 5.75 Å². The molecule has 3 rings (SSSR count). The first-order valence-corrected chi connectivity index (χ1v) is 7.58. The number of amides is 1. The molecule has 1 aromatic heterocycles. The molecule has 2 heterocycles. The first-order chi connectivity index (χ1) is 11.3. The summed E-state index contributed by atoms with van der Waals surface area (Å²) in [5, 5.41) is 2.77. The molecule has 23 heavy (non-hydrogen) atoms. The number of nitrogens with one attached hydrogen (secondary N) is 1. The predicted octanol–water partition coefficient (Wildman–Crippen LogP) is 1.94. The van der Waals surface area contributed by atoms with Gasteiger partial charge in [0, 0.05) is 13.1 Å². The van der Waals surface area contributed by atoms with Crippen LogP contribution in [0.15, 0.2) is 48.7 Å². The van der Waals surface area contributed by atoms with Gasteiger partial charge in [0.1, 0.15) is 11.6 Å². The van der Waals surface area contributed by atoms with E-state index in [1.54, 1.807) is 6.20 Å². The Morgan fingerprint density at radius 2 is 1.96 bits per heavy atom. The second kappa shape index (κ2) is 7.60. The van der Waals surface area contributed by atoms with Crippen molar-refractivity contribution in [3.63, 3.8) is 0 Å². The number of rotatable bonds is 5. The van der Waals surface area contributed by atoms with E-state index < -0.39 is 0 Å². The number of aromatic nitrogens is 1. The molecule has 1 aliphatic rings. The first kappa shape index (κ1) is 15.3. The maximum absolute atomic E-state index is 11.9. The molecule has 0 unspecified atom stereocenters. The first-order valence-electron chi connectivity index (χ1n) is 7.58. The van der Waals surface area contributed by atoms with Gasteiger partial charge in [-0.2, -0.15) is 0 Å². The van der Waals surface area contributed by atoms with E-state index in [0.29, 0.717) is 11.4 Å². The highest BCUT2D eigenvalue weighted by molar-refractivity contribution is 5.91. The molecule has 1 aromatic carbocycles. The van der Waals surface area contributed by atoms with Gasteiger partial charge >= 0.3 is 0 Å². The van der Waals surface area contributed by atoms with Gasteiger partial charge in [-0.15, -0.1) is 0 Å². The Hall–Kier alpha value is -2.60. The molecule has 0 bridgehead atoms. The van der Waals surface area contributed by atoms with Crippen LogP contribution in [0.1, 0.15) is 0 Å². The number of morpholine rings is 1. The molecule has 120 valence electrons. The third kappa shape index (κ3) is 4.43. The number of carbonyl (C=O) groups is 1. The smallest absolute Gasteiger partial charge is 0.262 e. The van der Waals surface area contributed by atoms with Crippen LogP contribution < -0.4 is 15.0 Å². The van der Waals surface area contributed by atoms with Crippen LogP contribution in [0.3, 0.4) is 0 Å². The summed E-state index contributed by atoms with van der Waals surface area (Å²) in [4.78, 5) is 18.4. The van der Waals surface area contributed by atoms with E-state index >= 15 is 0 Å². The van der Waals surface area contributed by atoms with Crippen LogP contribution >= 0.6 is 0 Å². The monoisotopic (exact) mass is 313 g/mol. The molecule has 6 heteroatoms. The maximum atomic E-state index is 11.9. The number of nitrogens with zero attached hydrogens (tertiary/aromatic N) is 2. The molecule has 1 N–H and O–H groups in total. The molecule has 1 amide bonds. The highest BCUT2D eigenvalue weighted by Gasteiger charge is 2.12. The fraction of sp³-hybridized carbons (Fsp3) is 0.294.